The Balaban J connectivity index is 1.41. The number of piperazine rings is 1. The number of hydrogen-bond acceptors (Lipinski definition) is 14. The van der Waals surface area contributed by atoms with Gasteiger partial charge in [-0.1, -0.05) is 0 Å². The molecule has 1 fully saturated rings. The monoisotopic (exact) mass is 713 g/mol. The largest absolute Gasteiger partial charge is 0.493 e. The summed E-state index contributed by atoms with van der Waals surface area (Å²) in [5.41, 5.74) is 1.67. The normalized spacial score (nSPS) is 26.2. The van der Waals surface area contributed by atoms with Crippen LogP contribution in [0.4, 0.5) is 0 Å². The highest BCUT2D eigenvalue weighted by atomic mass is 16.5. The van der Waals surface area contributed by atoms with Crippen molar-refractivity contribution in [3.05, 3.63) is 68.7 Å². The van der Waals surface area contributed by atoms with Crippen molar-refractivity contribution in [3.63, 3.8) is 0 Å². The number of fused-ring (bicyclic) bond motifs is 5. The number of allylic oxidation sites excluding steroid dienone is 4. The van der Waals surface area contributed by atoms with Gasteiger partial charge in [0.15, 0.2) is 34.6 Å². The molecule has 3 aliphatic heterocycles. The summed E-state index contributed by atoms with van der Waals surface area (Å²) in [5.74, 6) is -1.56. The third-order valence-corrected chi connectivity index (χ3v) is 10.7. The number of ketones is 4. The maximum atomic E-state index is 14.1. The Bertz CT molecular complexity index is 1990. The van der Waals surface area contributed by atoms with E-state index in [1.54, 1.807) is 24.1 Å². The molecule has 6 rings (SSSR count). The van der Waals surface area contributed by atoms with Gasteiger partial charge in [-0.05, 0) is 57.5 Å². The van der Waals surface area contributed by atoms with Crippen LogP contribution in [0.15, 0.2) is 63.2 Å². The number of benzene rings is 1. The van der Waals surface area contributed by atoms with Crippen molar-refractivity contribution in [2.75, 3.05) is 49.2 Å². The summed E-state index contributed by atoms with van der Waals surface area (Å²) >= 11 is 0. The van der Waals surface area contributed by atoms with Crippen molar-refractivity contribution in [2.24, 2.45) is 0 Å². The van der Waals surface area contributed by atoms with Crippen LogP contribution in [0.3, 0.4) is 0 Å². The van der Waals surface area contributed by atoms with Gasteiger partial charge in [0.2, 0.25) is 17.3 Å². The molecule has 0 saturated carbocycles. The van der Waals surface area contributed by atoms with E-state index >= 15 is 0 Å². The summed E-state index contributed by atoms with van der Waals surface area (Å²) in [7, 11) is 8.82. The average Bonchev–Trinajstić information content (AvgIpc) is 3.14. The topological polar surface area (TPSA) is 171 Å². The fraction of sp³-hybridized carbons (Fsp3) is 0.421. The molecule has 0 amide bonds. The molecule has 5 atom stereocenters. The summed E-state index contributed by atoms with van der Waals surface area (Å²) < 4.78 is 32.7. The first-order chi connectivity index (χ1) is 24.9. The number of nitrogens with zero attached hydrogens (tertiary/aromatic N) is 3. The van der Waals surface area contributed by atoms with Gasteiger partial charge in [0.1, 0.15) is 12.6 Å². The fourth-order valence-corrected chi connectivity index (χ4v) is 8.35. The Hall–Kier alpha value is -5.52. The van der Waals surface area contributed by atoms with Crippen molar-refractivity contribution >= 4 is 35.2 Å². The van der Waals surface area contributed by atoms with Crippen LogP contribution in [0, 0.1) is 11.3 Å². The van der Waals surface area contributed by atoms with Gasteiger partial charge in [-0.15, -0.1) is 0 Å². The van der Waals surface area contributed by atoms with Gasteiger partial charge < -0.3 is 28.4 Å². The molecule has 1 saturated heterocycles. The maximum absolute atomic E-state index is 14.1. The van der Waals surface area contributed by atoms with E-state index in [4.69, 9.17) is 28.4 Å². The Kier molecular flexibility index (Phi) is 9.69. The predicted octanol–water partition coefficient (Wildman–Crippen LogP) is 2.43. The molecule has 14 heteroatoms. The molecule has 0 N–H and O–H groups in total. The number of Topliss-reactive ketones (excluding diaryl/α,β-unsaturated/α-hetero) is 4. The molecule has 0 unspecified atom stereocenters. The van der Waals surface area contributed by atoms with Crippen LogP contribution < -0.4 is 14.2 Å². The van der Waals surface area contributed by atoms with Gasteiger partial charge in [0.05, 0.1) is 53.7 Å². The lowest BCUT2D eigenvalue weighted by molar-refractivity contribution is -0.142. The zero-order chi connectivity index (χ0) is 37.8. The Morgan fingerprint density at radius 3 is 1.87 bits per heavy atom. The minimum absolute atomic E-state index is 0.0110. The number of esters is 1. The average molecular weight is 714 g/mol. The minimum Gasteiger partial charge on any atom is -0.493 e. The number of hydrogen-bond donors (Lipinski definition) is 0. The van der Waals surface area contributed by atoms with Gasteiger partial charge in [0.25, 0.3) is 0 Å². The van der Waals surface area contributed by atoms with E-state index in [9.17, 15) is 29.2 Å². The second-order valence-electron chi connectivity index (χ2n) is 13.0. The van der Waals surface area contributed by atoms with Crippen molar-refractivity contribution in [1.29, 1.82) is 5.26 Å². The molecule has 2 bridgehead atoms. The summed E-state index contributed by atoms with van der Waals surface area (Å²) in [4.78, 5) is 72.6. The number of methoxy groups -OCH3 is 5. The molecular weight excluding hydrogens is 674 g/mol. The quantitative estimate of drug-likeness (QED) is 0.208. The number of nitriles is 1. The lowest BCUT2D eigenvalue weighted by Crippen LogP contribution is -2.74. The van der Waals surface area contributed by atoms with Crippen LogP contribution in [-0.4, -0.2) is 118 Å². The Morgan fingerprint density at radius 1 is 0.808 bits per heavy atom. The molecule has 3 heterocycles. The van der Waals surface area contributed by atoms with Crippen molar-refractivity contribution in [1.82, 2.24) is 9.80 Å². The molecule has 1 aromatic carbocycles. The summed E-state index contributed by atoms with van der Waals surface area (Å²) in [6, 6.07) is 1.60. The number of likely N-dealkylation sites (N-methyl/N-ethyl adjacent to an activating group) is 1. The Morgan fingerprint density at radius 2 is 1.35 bits per heavy atom. The number of ether oxygens (including phenoxy) is 6. The summed E-state index contributed by atoms with van der Waals surface area (Å²) in [6.07, 6.45) is 2.77. The first-order valence-corrected chi connectivity index (χ1v) is 16.6. The molecule has 0 radical (unpaired) electrons. The van der Waals surface area contributed by atoms with E-state index in [1.165, 1.54) is 61.5 Å². The smallest absolute Gasteiger partial charge is 0.330 e. The highest BCUT2D eigenvalue weighted by molar-refractivity contribution is 6.26. The lowest BCUT2D eigenvalue weighted by atomic mass is 9.67. The molecule has 5 aliphatic rings. The Labute approximate surface area is 300 Å². The number of carbonyl (C=O) groups excluding carboxylic acids is 5. The van der Waals surface area contributed by atoms with E-state index in [-0.39, 0.29) is 58.0 Å². The van der Waals surface area contributed by atoms with Crippen LogP contribution in [-0.2, 0) is 38.2 Å². The molecule has 272 valence electrons. The van der Waals surface area contributed by atoms with E-state index in [2.05, 4.69) is 6.07 Å². The summed E-state index contributed by atoms with van der Waals surface area (Å²) in [5, 5.41) is 10.7. The van der Waals surface area contributed by atoms with E-state index in [1.807, 2.05) is 4.90 Å². The molecule has 2 aliphatic carbocycles. The van der Waals surface area contributed by atoms with E-state index in [0.717, 1.165) is 0 Å². The third kappa shape index (κ3) is 5.43. The fourth-order valence-electron chi connectivity index (χ4n) is 8.35. The summed E-state index contributed by atoms with van der Waals surface area (Å²) in [6.45, 7) is 2.63. The zero-order valence-corrected chi connectivity index (χ0v) is 30.1. The van der Waals surface area contributed by atoms with Crippen LogP contribution >= 0.6 is 0 Å². The standard InChI is InChI=1S/C38H39N3O11/c1-17-32(43)20-14-23-31-30-21(33(44)18(2)37(50-7)35(30)46)13-22(40(31)3)24(15-39)41(23)25(29(20)34(45)36(17)49-6)16-52-28(42)10-9-19-11-26(47-4)38(51-8)27(12-19)48-5/h9-12,22-25,31H,13-14,16H2,1-8H3/b10-9+/t22-,23-,24-,25-,31-/m0/s1. The van der Waals surface area contributed by atoms with Gasteiger partial charge in [0, 0.05) is 51.6 Å². The highest BCUT2D eigenvalue weighted by Gasteiger charge is 2.60. The van der Waals surface area contributed by atoms with Gasteiger partial charge >= 0.3 is 5.97 Å². The molecule has 14 nitrogen and oxygen atoms in total. The SMILES string of the molecule is COC1=C(C)C(=O)C2=C(C1=O)[C@@H]1[C@@H]3CC4=C(C(=O)C(OC)=C(C)C4=O)[C@H](COC(=O)/C=C/c4cc(OC)c(OC)c(OC)c4)N3[C@@H](C#N)[C@H](C2)N1C. The number of carbonyl (C=O) groups is 5. The lowest BCUT2D eigenvalue weighted by Gasteiger charge is -2.60. The van der Waals surface area contributed by atoms with Gasteiger partial charge in [-0.3, -0.25) is 29.0 Å². The number of rotatable bonds is 9. The van der Waals surface area contributed by atoms with E-state index in [0.29, 0.717) is 28.4 Å². The second-order valence-corrected chi connectivity index (χ2v) is 13.0. The van der Waals surface area contributed by atoms with Crippen LogP contribution in [0.5, 0.6) is 17.2 Å². The van der Waals surface area contributed by atoms with Gasteiger partial charge in [-0.25, -0.2) is 4.79 Å². The third-order valence-electron chi connectivity index (χ3n) is 10.7. The molecule has 52 heavy (non-hydrogen) atoms. The highest BCUT2D eigenvalue weighted by Crippen LogP contribution is 2.49. The second kappa shape index (κ2) is 13.9. The van der Waals surface area contributed by atoms with Crippen molar-refractivity contribution in [2.45, 2.75) is 56.9 Å². The minimum atomic E-state index is -1.07. The maximum Gasteiger partial charge on any atom is 0.330 e. The molecule has 0 aromatic heterocycles. The van der Waals surface area contributed by atoms with Crippen LogP contribution in [0.1, 0.15) is 32.3 Å². The van der Waals surface area contributed by atoms with Crippen molar-refractivity contribution < 1.29 is 52.4 Å². The van der Waals surface area contributed by atoms with Gasteiger partial charge in [-0.2, -0.15) is 5.26 Å². The predicted molar refractivity (Wildman–Crippen MR) is 183 cm³/mol. The molecule has 1 aromatic rings. The zero-order valence-electron chi connectivity index (χ0n) is 30.1. The molecule has 0 spiro atoms. The first-order valence-electron chi connectivity index (χ1n) is 16.6. The first kappa shape index (κ1) is 36.3. The van der Waals surface area contributed by atoms with Crippen molar-refractivity contribution in [3.8, 4) is 23.3 Å². The molecular formula is C38H39N3O11. The van der Waals surface area contributed by atoms with Crippen LogP contribution in [0.25, 0.3) is 6.08 Å². The van der Waals surface area contributed by atoms with E-state index < -0.39 is 60.1 Å². The van der Waals surface area contributed by atoms with Crippen LogP contribution in [0.2, 0.25) is 0 Å².